The van der Waals surface area contributed by atoms with Crippen LogP contribution < -0.4 is 5.32 Å². The van der Waals surface area contributed by atoms with E-state index >= 15 is 0 Å². The van der Waals surface area contributed by atoms with E-state index in [-0.39, 0.29) is 12.4 Å². The highest BCUT2D eigenvalue weighted by molar-refractivity contribution is 5.15. The molecule has 0 aromatic heterocycles. The summed E-state index contributed by atoms with van der Waals surface area (Å²) in [5, 5.41) is 12.1. The van der Waals surface area contributed by atoms with Gasteiger partial charge in [-0.3, -0.25) is 0 Å². The molecular formula is C13H20FNO. The Hall–Kier alpha value is -0.930. The predicted molar refractivity (Wildman–Crippen MR) is 63.6 cm³/mol. The third-order valence-electron chi connectivity index (χ3n) is 2.60. The molecule has 0 saturated carbocycles. The molecule has 0 radical (unpaired) electrons. The van der Waals surface area contributed by atoms with E-state index in [0.29, 0.717) is 5.92 Å². The van der Waals surface area contributed by atoms with E-state index in [4.69, 9.17) is 5.11 Å². The Morgan fingerprint density at radius 2 is 2.00 bits per heavy atom. The van der Waals surface area contributed by atoms with Gasteiger partial charge in [-0.2, -0.15) is 0 Å². The average Bonchev–Trinajstić information content (AvgIpc) is 2.31. The van der Waals surface area contributed by atoms with Crippen molar-refractivity contribution in [3.63, 3.8) is 0 Å². The van der Waals surface area contributed by atoms with Gasteiger partial charge in [-0.15, -0.1) is 0 Å². The van der Waals surface area contributed by atoms with Crippen LogP contribution in [-0.2, 0) is 6.54 Å². The lowest BCUT2D eigenvalue weighted by molar-refractivity contribution is 0.228. The number of aliphatic hydroxyl groups excluding tert-OH is 1. The fourth-order valence-corrected chi connectivity index (χ4v) is 1.50. The number of aliphatic hydroxyl groups is 1. The van der Waals surface area contributed by atoms with Crippen molar-refractivity contribution >= 4 is 0 Å². The second-order valence-electron chi connectivity index (χ2n) is 4.23. The highest BCUT2D eigenvalue weighted by Crippen LogP contribution is 2.04. The molecule has 0 aliphatic rings. The molecule has 0 saturated heterocycles. The summed E-state index contributed by atoms with van der Waals surface area (Å²) >= 11 is 0. The van der Waals surface area contributed by atoms with Crippen molar-refractivity contribution in [3.05, 3.63) is 35.6 Å². The number of hydrogen-bond acceptors (Lipinski definition) is 2. The summed E-state index contributed by atoms with van der Waals surface area (Å²) in [4.78, 5) is 0. The molecule has 90 valence electrons. The average molecular weight is 225 g/mol. The molecule has 0 fully saturated rings. The van der Waals surface area contributed by atoms with E-state index in [1.807, 2.05) is 6.92 Å². The monoisotopic (exact) mass is 225 g/mol. The molecule has 0 aliphatic carbocycles. The minimum absolute atomic E-state index is 0.194. The second kappa shape index (κ2) is 7.36. The molecule has 1 aromatic rings. The minimum Gasteiger partial charge on any atom is -0.396 e. The lowest BCUT2D eigenvalue weighted by Gasteiger charge is -2.08. The Morgan fingerprint density at radius 1 is 1.31 bits per heavy atom. The van der Waals surface area contributed by atoms with Crippen molar-refractivity contribution in [2.24, 2.45) is 5.92 Å². The van der Waals surface area contributed by atoms with Crippen molar-refractivity contribution in [1.29, 1.82) is 0 Å². The number of benzene rings is 1. The molecule has 1 unspecified atom stereocenters. The Morgan fingerprint density at radius 3 is 2.62 bits per heavy atom. The molecule has 0 amide bonds. The first-order valence-corrected chi connectivity index (χ1v) is 5.78. The maximum atomic E-state index is 12.6. The molecule has 1 aromatic carbocycles. The first-order chi connectivity index (χ1) is 7.72. The molecule has 3 heteroatoms. The molecular weight excluding hydrogens is 205 g/mol. The fraction of sp³-hybridized carbons (Fsp3) is 0.538. The van der Waals surface area contributed by atoms with E-state index in [9.17, 15) is 4.39 Å². The van der Waals surface area contributed by atoms with Crippen molar-refractivity contribution < 1.29 is 9.50 Å². The summed E-state index contributed by atoms with van der Waals surface area (Å²) in [6.45, 7) is 4.01. The molecule has 1 rings (SSSR count). The lowest BCUT2D eigenvalue weighted by atomic mass is 10.1. The van der Waals surface area contributed by atoms with Gasteiger partial charge < -0.3 is 10.4 Å². The zero-order valence-corrected chi connectivity index (χ0v) is 9.75. The number of halogens is 1. The largest absolute Gasteiger partial charge is 0.396 e. The summed E-state index contributed by atoms with van der Waals surface area (Å²) in [6, 6.07) is 6.53. The summed E-state index contributed by atoms with van der Waals surface area (Å²) in [5.74, 6) is 0.188. The molecule has 0 bridgehead atoms. The van der Waals surface area contributed by atoms with Crippen LogP contribution in [0.3, 0.4) is 0 Å². The van der Waals surface area contributed by atoms with Gasteiger partial charge in [-0.1, -0.05) is 19.1 Å². The number of nitrogens with one attached hydrogen (secondary N) is 1. The number of rotatable bonds is 7. The summed E-state index contributed by atoms with van der Waals surface area (Å²) in [5.41, 5.74) is 1.09. The van der Waals surface area contributed by atoms with Crippen LogP contribution in [0.1, 0.15) is 25.3 Å². The topological polar surface area (TPSA) is 32.3 Å². The van der Waals surface area contributed by atoms with Gasteiger partial charge in [0.25, 0.3) is 0 Å². The van der Waals surface area contributed by atoms with Crippen LogP contribution in [-0.4, -0.2) is 18.3 Å². The Labute approximate surface area is 96.5 Å². The summed E-state index contributed by atoms with van der Waals surface area (Å²) < 4.78 is 12.6. The van der Waals surface area contributed by atoms with Gasteiger partial charge in [0, 0.05) is 13.2 Å². The normalized spacial score (nSPS) is 12.7. The lowest BCUT2D eigenvalue weighted by Crippen LogP contribution is -2.15. The van der Waals surface area contributed by atoms with Crippen molar-refractivity contribution in [1.82, 2.24) is 5.32 Å². The minimum atomic E-state index is -0.194. The third kappa shape index (κ3) is 5.24. The molecule has 16 heavy (non-hydrogen) atoms. The smallest absolute Gasteiger partial charge is 0.123 e. The standard InChI is InChI=1S/C13H20FNO/c1-11(10-16)3-2-8-15-9-12-4-6-13(14)7-5-12/h4-7,11,15-16H,2-3,8-10H2,1H3. The Bertz CT molecular complexity index is 286. The van der Waals surface area contributed by atoms with Gasteiger partial charge in [-0.25, -0.2) is 4.39 Å². The molecule has 1 atom stereocenters. The maximum absolute atomic E-state index is 12.6. The SMILES string of the molecule is CC(CO)CCCNCc1ccc(F)cc1. The van der Waals surface area contributed by atoms with Crippen LogP contribution >= 0.6 is 0 Å². The van der Waals surface area contributed by atoms with Gasteiger partial charge in [-0.05, 0) is 43.0 Å². The van der Waals surface area contributed by atoms with Gasteiger partial charge in [0.2, 0.25) is 0 Å². The van der Waals surface area contributed by atoms with Crippen LogP contribution in [0.4, 0.5) is 4.39 Å². The van der Waals surface area contributed by atoms with E-state index < -0.39 is 0 Å². The van der Waals surface area contributed by atoms with Crippen molar-refractivity contribution in [2.45, 2.75) is 26.3 Å². The number of hydrogen-bond donors (Lipinski definition) is 2. The van der Waals surface area contributed by atoms with Crippen LogP contribution in [0.25, 0.3) is 0 Å². The molecule has 2 N–H and O–H groups in total. The zero-order chi connectivity index (χ0) is 11.8. The molecule has 2 nitrogen and oxygen atoms in total. The first-order valence-electron chi connectivity index (χ1n) is 5.78. The third-order valence-corrected chi connectivity index (χ3v) is 2.60. The van der Waals surface area contributed by atoms with E-state index in [0.717, 1.165) is 31.5 Å². The highest BCUT2D eigenvalue weighted by Gasteiger charge is 1.99. The van der Waals surface area contributed by atoms with Crippen LogP contribution in [0, 0.1) is 11.7 Å². The first kappa shape index (κ1) is 13.1. The van der Waals surface area contributed by atoms with Gasteiger partial charge in [0.1, 0.15) is 5.82 Å². The van der Waals surface area contributed by atoms with Gasteiger partial charge >= 0.3 is 0 Å². The maximum Gasteiger partial charge on any atom is 0.123 e. The molecule has 0 spiro atoms. The van der Waals surface area contributed by atoms with Crippen LogP contribution in [0.2, 0.25) is 0 Å². The summed E-state index contributed by atoms with van der Waals surface area (Å²) in [7, 11) is 0. The van der Waals surface area contributed by atoms with E-state index in [2.05, 4.69) is 5.32 Å². The summed E-state index contributed by atoms with van der Waals surface area (Å²) in [6.07, 6.45) is 2.09. The van der Waals surface area contributed by atoms with Gasteiger partial charge in [0.05, 0.1) is 0 Å². The fourth-order valence-electron chi connectivity index (χ4n) is 1.50. The Balaban J connectivity index is 2.09. The highest BCUT2D eigenvalue weighted by atomic mass is 19.1. The van der Waals surface area contributed by atoms with Crippen LogP contribution in [0.15, 0.2) is 24.3 Å². The molecule has 0 aliphatic heterocycles. The predicted octanol–water partition coefficient (Wildman–Crippen LogP) is 2.32. The Kier molecular flexibility index (Phi) is 6.04. The van der Waals surface area contributed by atoms with E-state index in [1.54, 1.807) is 12.1 Å². The second-order valence-corrected chi connectivity index (χ2v) is 4.23. The van der Waals surface area contributed by atoms with Gasteiger partial charge in [0.15, 0.2) is 0 Å². The van der Waals surface area contributed by atoms with Crippen LogP contribution in [0.5, 0.6) is 0 Å². The molecule has 0 heterocycles. The van der Waals surface area contributed by atoms with Crippen molar-refractivity contribution in [3.8, 4) is 0 Å². The van der Waals surface area contributed by atoms with Crippen molar-refractivity contribution in [2.75, 3.05) is 13.2 Å². The zero-order valence-electron chi connectivity index (χ0n) is 9.75. The van der Waals surface area contributed by atoms with E-state index in [1.165, 1.54) is 12.1 Å². The quantitative estimate of drug-likeness (QED) is 0.698.